The summed E-state index contributed by atoms with van der Waals surface area (Å²) in [7, 11) is 0. The summed E-state index contributed by atoms with van der Waals surface area (Å²) in [5.74, 6) is 2.08. The maximum atomic E-state index is 10.8. The molecular weight excluding hydrogens is 396 g/mol. The molecule has 2 aromatic rings. The van der Waals surface area contributed by atoms with Crippen LogP contribution in [0.3, 0.4) is 0 Å². The highest BCUT2D eigenvalue weighted by Crippen LogP contribution is 2.51. The molecule has 2 fully saturated rings. The summed E-state index contributed by atoms with van der Waals surface area (Å²) in [5, 5.41) is 18.7. The maximum absolute atomic E-state index is 10.8. The summed E-state index contributed by atoms with van der Waals surface area (Å²) in [6, 6.07) is 15.7. The van der Waals surface area contributed by atoms with Crippen molar-refractivity contribution >= 4 is 17.6 Å². The standard InChI is InChI=1S/C27H30O3.C2H6/c1-17-13-20-15-18(2)26(23(14-17)16-20)27(22-8-10-24(28)11-9-22)21-6-3-19(4-7-21)5-12-25(29)30;1-2/h3-12,17-18,20,23,28H,13-16H2,1-2H3,(H,29,30);1-2H3/b12-5+,27-26-;. The molecule has 0 radical (unpaired) electrons. The van der Waals surface area contributed by atoms with Crippen molar-refractivity contribution < 1.29 is 15.0 Å². The molecule has 3 heteroatoms. The third kappa shape index (κ3) is 5.51. The molecule has 0 amide bonds. The predicted octanol–water partition coefficient (Wildman–Crippen LogP) is 7.41. The van der Waals surface area contributed by atoms with Gasteiger partial charge in [0.1, 0.15) is 5.75 Å². The van der Waals surface area contributed by atoms with Crippen LogP contribution in [0.15, 0.2) is 60.2 Å². The van der Waals surface area contributed by atoms with Gasteiger partial charge in [-0.05, 0) is 89.8 Å². The van der Waals surface area contributed by atoms with Crippen molar-refractivity contribution in [1.29, 1.82) is 0 Å². The topological polar surface area (TPSA) is 57.5 Å². The molecule has 2 N–H and O–H groups in total. The largest absolute Gasteiger partial charge is 0.508 e. The summed E-state index contributed by atoms with van der Waals surface area (Å²) in [6.07, 6.45) is 7.92. The van der Waals surface area contributed by atoms with E-state index >= 15 is 0 Å². The fraction of sp³-hybridized carbons (Fsp3) is 0.414. The van der Waals surface area contributed by atoms with Crippen LogP contribution in [-0.2, 0) is 4.79 Å². The number of aromatic hydroxyl groups is 1. The smallest absolute Gasteiger partial charge is 0.328 e. The molecule has 0 aliphatic heterocycles. The summed E-state index contributed by atoms with van der Waals surface area (Å²) < 4.78 is 0. The molecule has 2 aromatic carbocycles. The number of hydrogen-bond acceptors (Lipinski definition) is 2. The van der Waals surface area contributed by atoms with E-state index in [4.69, 9.17) is 5.11 Å². The summed E-state index contributed by atoms with van der Waals surface area (Å²) >= 11 is 0. The summed E-state index contributed by atoms with van der Waals surface area (Å²) in [6.45, 7) is 8.76. The maximum Gasteiger partial charge on any atom is 0.328 e. The number of carbonyl (C=O) groups is 1. The monoisotopic (exact) mass is 432 g/mol. The van der Waals surface area contributed by atoms with Gasteiger partial charge < -0.3 is 10.2 Å². The van der Waals surface area contributed by atoms with Crippen molar-refractivity contribution in [2.75, 3.05) is 0 Å². The molecule has 2 aliphatic rings. The Bertz CT molecular complexity index is 962. The van der Waals surface area contributed by atoms with Crippen molar-refractivity contribution in [3.8, 4) is 5.75 Å². The zero-order valence-electron chi connectivity index (χ0n) is 19.7. The van der Waals surface area contributed by atoms with Gasteiger partial charge >= 0.3 is 5.97 Å². The van der Waals surface area contributed by atoms with Crippen molar-refractivity contribution in [2.24, 2.45) is 23.7 Å². The van der Waals surface area contributed by atoms with Crippen LogP contribution in [0.5, 0.6) is 5.75 Å². The second-order valence-electron chi connectivity index (χ2n) is 9.18. The second kappa shape index (κ2) is 10.7. The average molecular weight is 433 g/mol. The van der Waals surface area contributed by atoms with Crippen molar-refractivity contribution in [3.63, 3.8) is 0 Å². The number of carboxylic acids is 1. The van der Waals surface area contributed by atoms with E-state index in [0.29, 0.717) is 11.8 Å². The van der Waals surface area contributed by atoms with Gasteiger partial charge in [-0.25, -0.2) is 4.79 Å². The van der Waals surface area contributed by atoms with Crippen LogP contribution in [0.1, 0.15) is 70.1 Å². The molecule has 0 spiro atoms. The fourth-order valence-corrected chi connectivity index (χ4v) is 5.73. The molecule has 170 valence electrons. The van der Waals surface area contributed by atoms with E-state index in [1.807, 2.05) is 38.1 Å². The van der Waals surface area contributed by atoms with E-state index in [1.54, 1.807) is 23.8 Å². The van der Waals surface area contributed by atoms with E-state index in [2.05, 4.69) is 26.0 Å². The van der Waals surface area contributed by atoms with E-state index < -0.39 is 5.97 Å². The molecular formula is C29H36O3. The zero-order chi connectivity index (χ0) is 23.3. The summed E-state index contributed by atoms with van der Waals surface area (Å²) in [4.78, 5) is 10.8. The van der Waals surface area contributed by atoms with Gasteiger partial charge in [0, 0.05) is 6.08 Å². The number of rotatable bonds is 4. The van der Waals surface area contributed by atoms with Gasteiger partial charge in [-0.2, -0.15) is 0 Å². The highest BCUT2D eigenvalue weighted by Gasteiger charge is 2.38. The Morgan fingerprint density at radius 3 is 2.06 bits per heavy atom. The lowest BCUT2D eigenvalue weighted by atomic mass is 9.61. The lowest BCUT2D eigenvalue weighted by molar-refractivity contribution is -0.131. The van der Waals surface area contributed by atoms with Crippen LogP contribution >= 0.6 is 0 Å². The van der Waals surface area contributed by atoms with Crippen LogP contribution in [0.2, 0.25) is 0 Å². The second-order valence-corrected chi connectivity index (χ2v) is 9.18. The van der Waals surface area contributed by atoms with Gasteiger partial charge in [0.15, 0.2) is 0 Å². The molecule has 2 aliphatic carbocycles. The minimum absolute atomic E-state index is 0.278. The van der Waals surface area contributed by atoms with Gasteiger partial charge in [-0.1, -0.05) is 69.7 Å². The average Bonchev–Trinajstić information content (AvgIpc) is 2.77. The Hall–Kier alpha value is -2.81. The van der Waals surface area contributed by atoms with Gasteiger partial charge in [-0.15, -0.1) is 0 Å². The molecule has 4 atom stereocenters. The molecule has 0 aromatic heterocycles. The van der Waals surface area contributed by atoms with Crippen molar-refractivity contribution in [2.45, 2.75) is 53.4 Å². The summed E-state index contributed by atoms with van der Waals surface area (Å²) in [5.41, 5.74) is 6.01. The fourth-order valence-electron chi connectivity index (χ4n) is 5.73. The molecule has 2 saturated carbocycles. The Balaban J connectivity index is 0.00000141. The number of phenols is 1. The quantitative estimate of drug-likeness (QED) is 0.495. The highest BCUT2D eigenvalue weighted by molar-refractivity contribution is 5.86. The molecule has 3 nitrogen and oxygen atoms in total. The van der Waals surface area contributed by atoms with Gasteiger partial charge in [-0.3, -0.25) is 0 Å². The van der Waals surface area contributed by atoms with E-state index in [9.17, 15) is 9.90 Å². The zero-order valence-corrected chi connectivity index (χ0v) is 19.7. The molecule has 0 heterocycles. The van der Waals surface area contributed by atoms with E-state index in [1.165, 1.54) is 37.3 Å². The van der Waals surface area contributed by atoms with Gasteiger partial charge in [0.2, 0.25) is 0 Å². The lowest BCUT2D eigenvalue weighted by Gasteiger charge is -2.44. The number of allylic oxidation sites excluding steroid dienone is 1. The van der Waals surface area contributed by atoms with E-state index in [-0.39, 0.29) is 5.75 Å². The molecule has 4 rings (SSSR count). The first-order chi connectivity index (χ1) is 15.4. The van der Waals surface area contributed by atoms with Crippen molar-refractivity contribution in [3.05, 3.63) is 76.9 Å². The minimum atomic E-state index is -0.942. The number of fused-ring (bicyclic) bond motifs is 2. The van der Waals surface area contributed by atoms with Gasteiger partial charge in [0.05, 0.1) is 0 Å². The number of phenolic OH excluding ortho intramolecular Hbond substituents is 1. The Morgan fingerprint density at radius 2 is 1.47 bits per heavy atom. The Kier molecular flexibility index (Phi) is 7.95. The molecule has 32 heavy (non-hydrogen) atoms. The third-order valence-electron chi connectivity index (χ3n) is 6.76. The first kappa shape index (κ1) is 23.8. The number of hydrogen-bond donors (Lipinski definition) is 2. The Morgan fingerprint density at radius 1 is 0.875 bits per heavy atom. The van der Waals surface area contributed by atoms with Crippen LogP contribution in [-0.4, -0.2) is 16.2 Å². The van der Waals surface area contributed by atoms with Crippen LogP contribution in [0, 0.1) is 23.7 Å². The van der Waals surface area contributed by atoms with Crippen LogP contribution in [0.25, 0.3) is 11.6 Å². The van der Waals surface area contributed by atoms with Crippen molar-refractivity contribution in [1.82, 2.24) is 0 Å². The lowest BCUT2D eigenvalue weighted by Crippen LogP contribution is -2.32. The van der Waals surface area contributed by atoms with Crippen LogP contribution < -0.4 is 0 Å². The minimum Gasteiger partial charge on any atom is -0.508 e. The van der Waals surface area contributed by atoms with Crippen LogP contribution in [0.4, 0.5) is 0 Å². The first-order valence-electron chi connectivity index (χ1n) is 12.0. The third-order valence-corrected chi connectivity index (χ3v) is 6.76. The number of aliphatic carboxylic acids is 1. The molecule has 4 unspecified atom stereocenters. The molecule has 2 bridgehead atoms. The predicted molar refractivity (Wildman–Crippen MR) is 132 cm³/mol. The van der Waals surface area contributed by atoms with Gasteiger partial charge in [0.25, 0.3) is 0 Å². The first-order valence-corrected chi connectivity index (χ1v) is 12.0. The Labute approximate surface area is 192 Å². The molecule has 0 saturated heterocycles. The number of carboxylic acid groups (broad SMARTS) is 1. The SMILES string of the molecule is CC.CC1CC2CC(C)/C(=C(/c3ccc(O)cc3)c3ccc(/C=C/C(=O)O)cc3)C(C1)C2. The van der Waals surface area contributed by atoms with E-state index in [0.717, 1.165) is 28.5 Å². The normalized spacial score (nSPS) is 26.2. The highest BCUT2D eigenvalue weighted by atomic mass is 16.4. The number of benzene rings is 2.